The Bertz CT molecular complexity index is 149. The number of hydrogen-bond acceptors (Lipinski definition) is 2. The lowest BCUT2D eigenvalue weighted by Gasteiger charge is -2.16. The van der Waals surface area contributed by atoms with E-state index in [-0.39, 0.29) is 0 Å². The van der Waals surface area contributed by atoms with Crippen LogP contribution in [0.3, 0.4) is 0 Å². The molecule has 1 aliphatic rings. The van der Waals surface area contributed by atoms with Crippen molar-refractivity contribution in [1.82, 2.24) is 5.32 Å². The van der Waals surface area contributed by atoms with Gasteiger partial charge in [0.2, 0.25) is 0 Å². The molecule has 0 aliphatic carbocycles. The predicted octanol–water partition coefficient (Wildman–Crippen LogP) is 0.367. The summed E-state index contributed by atoms with van der Waals surface area (Å²) in [6.45, 7) is 8.62. The summed E-state index contributed by atoms with van der Waals surface area (Å²) in [5.41, 5.74) is 0.885. The van der Waals surface area contributed by atoms with Gasteiger partial charge in [-0.1, -0.05) is 0 Å². The molecule has 1 saturated heterocycles. The Kier molecular flexibility index (Phi) is 2.11. The van der Waals surface area contributed by atoms with Gasteiger partial charge in [-0.05, 0) is 0 Å². The van der Waals surface area contributed by atoms with Crippen molar-refractivity contribution in [2.75, 3.05) is 19.8 Å². The fourth-order valence-electron chi connectivity index (χ4n) is 0.678. The summed E-state index contributed by atoms with van der Waals surface area (Å²) in [5, 5.41) is 3.04. The summed E-state index contributed by atoms with van der Waals surface area (Å²) in [4.78, 5) is 3.10. The zero-order valence-electron chi connectivity index (χ0n) is 5.05. The van der Waals surface area contributed by atoms with Gasteiger partial charge in [-0.15, -0.1) is 0 Å². The van der Waals surface area contributed by atoms with Crippen LogP contribution >= 0.6 is 0 Å². The lowest BCUT2D eigenvalue weighted by atomic mass is 10.4. The van der Waals surface area contributed by atoms with E-state index >= 15 is 0 Å². The van der Waals surface area contributed by atoms with Crippen molar-refractivity contribution in [3.63, 3.8) is 0 Å². The second kappa shape index (κ2) is 3.10. The Hall–Kier alpha value is -1.01. The Morgan fingerprint density at radius 2 is 2.67 bits per heavy atom. The van der Waals surface area contributed by atoms with Crippen molar-refractivity contribution in [1.29, 1.82) is 0 Å². The van der Waals surface area contributed by atoms with E-state index in [9.17, 15) is 0 Å². The van der Waals surface area contributed by atoms with Gasteiger partial charge in [0.25, 0.3) is 0 Å². The number of hydrogen-bond donors (Lipinski definition) is 1. The molecular weight excluding hydrogens is 116 g/mol. The first-order valence-corrected chi connectivity index (χ1v) is 2.80. The second-order valence-electron chi connectivity index (χ2n) is 1.76. The molecule has 3 nitrogen and oxygen atoms in total. The minimum absolute atomic E-state index is 0.558. The molecule has 0 saturated carbocycles. The van der Waals surface area contributed by atoms with E-state index < -0.39 is 0 Å². The fraction of sp³-hybridized carbons (Fsp3) is 0.500. The highest BCUT2D eigenvalue weighted by molar-refractivity contribution is 5.05. The van der Waals surface area contributed by atoms with Crippen molar-refractivity contribution in [3.8, 4) is 0 Å². The fourth-order valence-corrected chi connectivity index (χ4v) is 0.678. The van der Waals surface area contributed by atoms with Crippen LogP contribution in [0.25, 0.3) is 4.85 Å². The SMILES string of the molecule is [C-]#[N+]/C=C1\COCCN1. The molecule has 1 rings (SSSR count). The molecule has 1 N–H and O–H groups in total. The van der Waals surface area contributed by atoms with Crippen molar-refractivity contribution in [3.05, 3.63) is 23.3 Å². The molecule has 0 aromatic carbocycles. The van der Waals surface area contributed by atoms with Crippen LogP contribution in [0.15, 0.2) is 11.9 Å². The third-order valence-corrected chi connectivity index (χ3v) is 1.08. The standard InChI is InChI=1S/C6H8N2O/c1-7-4-6-5-9-3-2-8-6/h4,8H,2-3,5H2/b6-4+. The minimum Gasteiger partial charge on any atom is -0.394 e. The minimum atomic E-state index is 0.558. The molecule has 0 spiro atoms. The van der Waals surface area contributed by atoms with Crippen molar-refractivity contribution in [2.45, 2.75) is 0 Å². The average molecular weight is 124 g/mol. The quantitative estimate of drug-likeness (QED) is 0.472. The Labute approximate surface area is 54.1 Å². The largest absolute Gasteiger partial charge is 0.394 e. The summed E-state index contributed by atoms with van der Waals surface area (Å²) >= 11 is 0. The molecule has 48 valence electrons. The smallest absolute Gasteiger partial charge is 0.174 e. The molecule has 1 aliphatic heterocycles. The maximum absolute atomic E-state index is 6.49. The molecule has 9 heavy (non-hydrogen) atoms. The van der Waals surface area contributed by atoms with E-state index in [1.165, 1.54) is 6.20 Å². The predicted molar refractivity (Wildman–Crippen MR) is 33.5 cm³/mol. The van der Waals surface area contributed by atoms with Gasteiger partial charge in [0.15, 0.2) is 6.20 Å². The first-order valence-electron chi connectivity index (χ1n) is 2.80. The molecule has 0 aromatic rings. The Balaban J connectivity index is 2.42. The number of rotatable bonds is 0. The van der Waals surface area contributed by atoms with E-state index in [4.69, 9.17) is 11.3 Å². The van der Waals surface area contributed by atoms with Crippen LogP contribution in [0.4, 0.5) is 0 Å². The lowest BCUT2D eigenvalue weighted by molar-refractivity contribution is 0.132. The second-order valence-corrected chi connectivity index (χ2v) is 1.76. The molecule has 0 radical (unpaired) electrons. The normalized spacial score (nSPS) is 22.8. The van der Waals surface area contributed by atoms with Gasteiger partial charge in [0.05, 0.1) is 19.8 Å². The van der Waals surface area contributed by atoms with Crippen molar-refractivity contribution >= 4 is 0 Å². The summed E-state index contributed by atoms with van der Waals surface area (Å²) in [7, 11) is 0. The van der Waals surface area contributed by atoms with Gasteiger partial charge in [0, 0.05) is 12.2 Å². The van der Waals surface area contributed by atoms with Crippen LogP contribution in [0.5, 0.6) is 0 Å². The lowest BCUT2D eigenvalue weighted by Crippen LogP contribution is -2.28. The van der Waals surface area contributed by atoms with Crippen LogP contribution in [-0.2, 0) is 4.74 Å². The molecule has 1 fully saturated rings. The van der Waals surface area contributed by atoms with Gasteiger partial charge in [0.1, 0.15) is 0 Å². The van der Waals surface area contributed by atoms with Gasteiger partial charge in [-0.2, -0.15) is 0 Å². The van der Waals surface area contributed by atoms with Crippen LogP contribution in [0.1, 0.15) is 0 Å². The molecule has 0 bridgehead atoms. The number of morpholine rings is 1. The van der Waals surface area contributed by atoms with Crippen LogP contribution in [0.2, 0.25) is 0 Å². The van der Waals surface area contributed by atoms with Crippen LogP contribution in [-0.4, -0.2) is 19.8 Å². The van der Waals surface area contributed by atoms with Gasteiger partial charge in [-0.3, -0.25) is 0 Å². The highest BCUT2D eigenvalue weighted by Gasteiger charge is 2.01. The summed E-state index contributed by atoms with van der Waals surface area (Å²) in [6.07, 6.45) is 1.46. The topological polar surface area (TPSA) is 25.6 Å². The molecule has 3 heteroatoms. The summed E-state index contributed by atoms with van der Waals surface area (Å²) < 4.78 is 5.06. The molecule has 0 unspecified atom stereocenters. The Morgan fingerprint density at radius 1 is 1.78 bits per heavy atom. The number of ether oxygens (including phenoxy) is 1. The molecule has 0 amide bonds. The third-order valence-electron chi connectivity index (χ3n) is 1.08. The summed E-state index contributed by atoms with van der Waals surface area (Å²) in [6, 6.07) is 0. The highest BCUT2D eigenvalue weighted by atomic mass is 16.5. The van der Waals surface area contributed by atoms with Crippen LogP contribution in [0, 0.1) is 6.57 Å². The Morgan fingerprint density at radius 3 is 3.22 bits per heavy atom. The van der Waals surface area contributed by atoms with E-state index in [1.807, 2.05) is 0 Å². The van der Waals surface area contributed by atoms with E-state index in [2.05, 4.69) is 10.2 Å². The number of nitrogens with zero attached hydrogens (tertiary/aromatic N) is 1. The highest BCUT2D eigenvalue weighted by Crippen LogP contribution is 1.95. The van der Waals surface area contributed by atoms with E-state index in [0.717, 1.165) is 18.8 Å². The van der Waals surface area contributed by atoms with Gasteiger partial charge in [-0.25, -0.2) is 4.85 Å². The molecular formula is C6H8N2O. The van der Waals surface area contributed by atoms with E-state index in [1.54, 1.807) is 0 Å². The first-order chi connectivity index (χ1) is 4.43. The first kappa shape index (κ1) is 6.12. The zero-order chi connectivity index (χ0) is 6.53. The molecule has 0 atom stereocenters. The molecule has 1 heterocycles. The maximum atomic E-state index is 6.49. The third kappa shape index (κ3) is 1.74. The van der Waals surface area contributed by atoms with E-state index in [0.29, 0.717) is 6.61 Å². The summed E-state index contributed by atoms with van der Waals surface area (Å²) in [5.74, 6) is 0. The zero-order valence-corrected chi connectivity index (χ0v) is 5.05. The van der Waals surface area contributed by atoms with Gasteiger partial charge < -0.3 is 10.1 Å². The average Bonchev–Trinajstić information content (AvgIpc) is 1.91. The monoisotopic (exact) mass is 124 g/mol. The van der Waals surface area contributed by atoms with Crippen molar-refractivity contribution in [2.24, 2.45) is 0 Å². The molecule has 0 aromatic heterocycles. The van der Waals surface area contributed by atoms with Gasteiger partial charge >= 0.3 is 0 Å². The number of nitrogens with one attached hydrogen (secondary N) is 1. The van der Waals surface area contributed by atoms with Crippen LogP contribution < -0.4 is 5.32 Å². The maximum Gasteiger partial charge on any atom is 0.174 e. The van der Waals surface area contributed by atoms with Crippen molar-refractivity contribution < 1.29 is 4.74 Å².